The van der Waals surface area contributed by atoms with E-state index in [1.54, 1.807) is 12.4 Å². The molecule has 0 aliphatic carbocycles. The zero-order valence-corrected chi connectivity index (χ0v) is 17.8. The Hall–Kier alpha value is -3.19. The van der Waals surface area contributed by atoms with E-state index in [9.17, 15) is 4.79 Å². The summed E-state index contributed by atoms with van der Waals surface area (Å²) < 4.78 is 2.02. The highest BCUT2D eigenvalue weighted by Gasteiger charge is 2.16. The van der Waals surface area contributed by atoms with E-state index in [-0.39, 0.29) is 17.7 Å². The van der Waals surface area contributed by atoms with Crippen molar-refractivity contribution >= 4 is 28.4 Å². The summed E-state index contributed by atoms with van der Waals surface area (Å²) in [5, 5.41) is 14.8. The number of nitrogens with one attached hydrogen (secondary N) is 1. The molecule has 0 bridgehead atoms. The van der Waals surface area contributed by atoms with Gasteiger partial charge in [-0.05, 0) is 42.3 Å². The number of benzene rings is 2. The second kappa shape index (κ2) is 9.09. The van der Waals surface area contributed by atoms with Crippen LogP contribution in [-0.4, -0.2) is 31.4 Å². The van der Waals surface area contributed by atoms with Gasteiger partial charge in [-0.15, -0.1) is 10.2 Å². The van der Waals surface area contributed by atoms with Crippen molar-refractivity contribution in [2.45, 2.75) is 31.6 Å². The number of carbonyl (C=O) groups is 1. The lowest BCUT2D eigenvalue weighted by Gasteiger charge is -2.16. The predicted molar refractivity (Wildman–Crippen MR) is 120 cm³/mol. The molecular weight excluding hydrogens is 394 g/mol. The number of hydrogen-bond acceptors (Lipinski definition) is 5. The van der Waals surface area contributed by atoms with Gasteiger partial charge in [0.25, 0.3) is 0 Å². The van der Waals surface area contributed by atoms with E-state index < -0.39 is 0 Å². The van der Waals surface area contributed by atoms with Gasteiger partial charge in [-0.1, -0.05) is 54.2 Å². The third-order valence-corrected chi connectivity index (χ3v) is 5.94. The first-order chi connectivity index (χ1) is 14.7. The van der Waals surface area contributed by atoms with Crippen LogP contribution >= 0.6 is 11.8 Å². The molecule has 6 nitrogen and oxygen atoms in total. The van der Waals surface area contributed by atoms with Gasteiger partial charge in [-0.3, -0.25) is 9.78 Å². The van der Waals surface area contributed by atoms with Crippen LogP contribution in [-0.2, 0) is 11.3 Å². The second-order valence-electron chi connectivity index (χ2n) is 6.93. The first-order valence-electron chi connectivity index (χ1n) is 9.90. The van der Waals surface area contributed by atoms with Gasteiger partial charge in [-0.2, -0.15) is 0 Å². The maximum Gasteiger partial charge on any atom is 0.230 e. The van der Waals surface area contributed by atoms with Gasteiger partial charge in [0.05, 0.1) is 11.8 Å². The van der Waals surface area contributed by atoms with E-state index >= 15 is 0 Å². The van der Waals surface area contributed by atoms with Crippen LogP contribution in [0.3, 0.4) is 0 Å². The first kappa shape index (κ1) is 20.1. The van der Waals surface area contributed by atoms with Gasteiger partial charge in [0.1, 0.15) is 0 Å². The Morgan fingerprint density at radius 3 is 2.63 bits per heavy atom. The second-order valence-corrected chi connectivity index (χ2v) is 7.88. The van der Waals surface area contributed by atoms with Crippen molar-refractivity contribution in [1.29, 1.82) is 0 Å². The van der Waals surface area contributed by atoms with E-state index in [0.29, 0.717) is 0 Å². The SMILES string of the molecule is CCn1c(SCC(=O)N[C@@H](C)c2cccc3ccccc23)nnc1-c1ccncc1. The Labute approximate surface area is 179 Å². The average molecular weight is 418 g/mol. The van der Waals surface area contributed by atoms with Crippen LogP contribution in [0.5, 0.6) is 0 Å². The summed E-state index contributed by atoms with van der Waals surface area (Å²) >= 11 is 1.40. The van der Waals surface area contributed by atoms with Crippen LogP contribution in [0.4, 0.5) is 0 Å². The third kappa shape index (κ3) is 4.21. The normalized spacial score (nSPS) is 12.1. The van der Waals surface area contributed by atoms with E-state index in [1.165, 1.54) is 17.1 Å². The molecule has 0 aliphatic rings. The van der Waals surface area contributed by atoms with E-state index in [2.05, 4.69) is 44.8 Å². The number of fused-ring (bicyclic) bond motifs is 1. The molecule has 2 heterocycles. The van der Waals surface area contributed by atoms with Gasteiger partial charge < -0.3 is 9.88 Å². The number of rotatable bonds is 7. The maximum atomic E-state index is 12.6. The summed E-state index contributed by atoms with van der Waals surface area (Å²) in [6, 6.07) is 18.1. The Kier molecular flexibility index (Phi) is 6.09. The molecule has 152 valence electrons. The van der Waals surface area contributed by atoms with Crippen LogP contribution in [0.1, 0.15) is 25.5 Å². The molecule has 2 aromatic carbocycles. The smallest absolute Gasteiger partial charge is 0.230 e. The molecule has 30 heavy (non-hydrogen) atoms. The Morgan fingerprint density at radius 1 is 1.07 bits per heavy atom. The Bertz CT molecular complexity index is 1150. The molecule has 0 spiro atoms. The van der Waals surface area contributed by atoms with Crippen molar-refractivity contribution in [3.63, 3.8) is 0 Å². The summed E-state index contributed by atoms with van der Waals surface area (Å²) in [5.41, 5.74) is 2.07. The number of aromatic nitrogens is 4. The molecule has 1 N–H and O–H groups in total. The zero-order valence-electron chi connectivity index (χ0n) is 16.9. The topological polar surface area (TPSA) is 72.7 Å². The van der Waals surface area contributed by atoms with Crippen LogP contribution < -0.4 is 5.32 Å². The van der Waals surface area contributed by atoms with Crippen molar-refractivity contribution in [3.8, 4) is 11.4 Å². The van der Waals surface area contributed by atoms with Gasteiger partial charge in [0.2, 0.25) is 5.91 Å². The van der Waals surface area contributed by atoms with Crippen LogP contribution in [0.15, 0.2) is 72.1 Å². The van der Waals surface area contributed by atoms with Crippen molar-refractivity contribution in [3.05, 3.63) is 72.6 Å². The molecule has 0 saturated heterocycles. The monoisotopic (exact) mass is 417 g/mol. The Balaban J connectivity index is 1.43. The van der Waals surface area contributed by atoms with E-state index in [0.717, 1.165) is 34.0 Å². The zero-order chi connectivity index (χ0) is 20.9. The quantitative estimate of drug-likeness (QED) is 0.449. The molecule has 0 fully saturated rings. The highest BCUT2D eigenvalue weighted by atomic mass is 32.2. The fourth-order valence-corrected chi connectivity index (χ4v) is 4.33. The minimum absolute atomic E-state index is 0.0310. The average Bonchev–Trinajstić information content (AvgIpc) is 3.20. The standard InChI is InChI=1S/C23H23N5OS/c1-3-28-22(18-11-13-24-14-12-18)26-27-23(28)30-15-21(29)25-16(2)19-10-6-8-17-7-4-5-9-20(17)19/h4-14,16H,3,15H2,1-2H3,(H,25,29)/t16-/m0/s1. The minimum atomic E-state index is -0.0828. The summed E-state index contributed by atoms with van der Waals surface area (Å²) in [6.07, 6.45) is 3.47. The lowest BCUT2D eigenvalue weighted by molar-refractivity contribution is -0.119. The molecule has 4 aromatic rings. The summed E-state index contributed by atoms with van der Waals surface area (Å²) in [6.45, 7) is 4.78. The van der Waals surface area contributed by atoms with Crippen LogP contribution in [0, 0.1) is 0 Å². The van der Waals surface area contributed by atoms with Crippen molar-refractivity contribution in [1.82, 2.24) is 25.1 Å². The highest BCUT2D eigenvalue weighted by Crippen LogP contribution is 2.25. The molecular formula is C23H23N5OS. The summed E-state index contributed by atoms with van der Waals surface area (Å²) in [7, 11) is 0. The molecule has 0 saturated carbocycles. The molecule has 0 aliphatic heterocycles. The largest absolute Gasteiger partial charge is 0.349 e. The molecule has 0 unspecified atom stereocenters. The summed E-state index contributed by atoms with van der Waals surface area (Å²) in [5.74, 6) is 1.03. The minimum Gasteiger partial charge on any atom is -0.349 e. The number of nitrogens with zero attached hydrogens (tertiary/aromatic N) is 4. The van der Waals surface area contributed by atoms with E-state index in [1.807, 2.05) is 48.7 Å². The van der Waals surface area contributed by atoms with Crippen molar-refractivity contribution < 1.29 is 4.79 Å². The fraction of sp³-hybridized carbons (Fsp3) is 0.217. The van der Waals surface area contributed by atoms with Crippen molar-refractivity contribution in [2.75, 3.05) is 5.75 Å². The van der Waals surface area contributed by atoms with Crippen LogP contribution in [0.2, 0.25) is 0 Å². The number of hydrogen-bond donors (Lipinski definition) is 1. The maximum absolute atomic E-state index is 12.6. The van der Waals surface area contributed by atoms with Crippen LogP contribution in [0.25, 0.3) is 22.2 Å². The molecule has 0 radical (unpaired) electrons. The Morgan fingerprint density at radius 2 is 1.83 bits per heavy atom. The van der Waals surface area contributed by atoms with Gasteiger partial charge >= 0.3 is 0 Å². The number of thioether (sulfide) groups is 1. The number of carbonyl (C=O) groups excluding carboxylic acids is 1. The number of amides is 1. The highest BCUT2D eigenvalue weighted by molar-refractivity contribution is 7.99. The molecule has 4 rings (SSSR count). The summed E-state index contributed by atoms with van der Waals surface area (Å²) in [4.78, 5) is 16.7. The number of pyridine rings is 1. The third-order valence-electron chi connectivity index (χ3n) is 4.97. The fourth-order valence-electron chi connectivity index (χ4n) is 3.51. The lowest BCUT2D eigenvalue weighted by Crippen LogP contribution is -2.28. The van der Waals surface area contributed by atoms with Gasteiger partial charge in [0, 0.05) is 24.5 Å². The molecule has 1 amide bonds. The molecule has 2 aromatic heterocycles. The lowest BCUT2D eigenvalue weighted by atomic mass is 10.00. The van der Waals surface area contributed by atoms with Crippen molar-refractivity contribution in [2.24, 2.45) is 0 Å². The predicted octanol–water partition coefficient (Wildman–Crippen LogP) is 4.48. The van der Waals surface area contributed by atoms with Gasteiger partial charge in [0.15, 0.2) is 11.0 Å². The molecule has 7 heteroatoms. The van der Waals surface area contributed by atoms with Gasteiger partial charge in [-0.25, -0.2) is 0 Å². The first-order valence-corrected chi connectivity index (χ1v) is 10.9. The molecule has 1 atom stereocenters. The van der Waals surface area contributed by atoms with E-state index in [4.69, 9.17) is 0 Å².